The van der Waals surface area contributed by atoms with Crippen LogP contribution in [0.15, 0.2) is 24.5 Å². The topological polar surface area (TPSA) is 38.9 Å². The third-order valence-electron chi connectivity index (χ3n) is 1.50. The highest BCUT2D eigenvalue weighted by Gasteiger charge is 1.89. The van der Waals surface area contributed by atoms with E-state index in [-0.39, 0.29) is 6.04 Å². The van der Waals surface area contributed by atoms with Crippen LogP contribution in [0.1, 0.15) is 18.9 Å². The number of nitrogens with zero attached hydrogens (tertiary/aromatic N) is 1. The molecule has 2 heteroatoms. The lowest BCUT2D eigenvalue weighted by Crippen LogP contribution is -2.15. The quantitative estimate of drug-likeness (QED) is 0.626. The predicted octanol–water partition coefficient (Wildman–Crippen LogP) is 1.17. The van der Waals surface area contributed by atoms with Crippen LogP contribution >= 0.6 is 0 Å². The van der Waals surface area contributed by atoms with E-state index in [9.17, 15) is 0 Å². The second-order valence-electron chi connectivity index (χ2n) is 2.53. The first-order valence-corrected chi connectivity index (χ1v) is 4.00. The van der Waals surface area contributed by atoms with Gasteiger partial charge in [0, 0.05) is 18.0 Å². The normalized spacial score (nSPS) is 11.5. The number of rotatable bonds is 1. The van der Waals surface area contributed by atoms with E-state index in [1.165, 1.54) is 0 Å². The van der Waals surface area contributed by atoms with Crippen LogP contribution in [0.5, 0.6) is 0 Å². The average Bonchev–Trinajstić information content (AvgIpc) is 2.16. The number of aromatic nitrogens is 1. The fourth-order valence-electron chi connectivity index (χ4n) is 0.715. The lowest BCUT2D eigenvalue weighted by molar-refractivity contribution is 0.806. The molecule has 1 aromatic heterocycles. The minimum atomic E-state index is -0.0230. The molecular formula is C10H12N2. The first kappa shape index (κ1) is 8.76. The lowest BCUT2D eigenvalue weighted by atomic mass is 10.2. The zero-order valence-electron chi connectivity index (χ0n) is 7.12. The third kappa shape index (κ3) is 2.73. The molecule has 1 unspecified atom stereocenters. The summed E-state index contributed by atoms with van der Waals surface area (Å²) < 4.78 is 0. The molecule has 0 spiro atoms. The van der Waals surface area contributed by atoms with Gasteiger partial charge < -0.3 is 5.73 Å². The Morgan fingerprint density at radius 3 is 3.08 bits per heavy atom. The van der Waals surface area contributed by atoms with Crippen LogP contribution in [0, 0.1) is 11.8 Å². The van der Waals surface area contributed by atoms with Crippen LogP contribution in [0.25, 0.3) is 0 Å². The van der Waals surface area contributed by atoms with E-state index >= 15 is 0 Å². The molecule has 0 aliphatic carbocycles. The van der Waals surface area contributed by atoms with Crippen LogP contribution in [0.3, 0.4) is 0 Å². The maximum atomic E-state index is 5.63. The molecule has 1 atom stereocenters. The van der Waals surface area contributed by atoms with Crippen LogP contribution in [-0.2, 0) is 0 Å². The summed E-state index contributed by atoms with van der Waals surface area (Å²) in [5.41, 5.74) is 6.54. The van der Waals surface area contributed by atoms with Crippen molar-refractivity contribution in [1.82, 2.24) is 4.98 Å². The molecule has 1 aromatic rings. The Balaban J connectivity index is 2.67. The van der Waals surface area contributed by atoms with Crippen molar-refractivity contribution in [3.63, 3.8) is 0 Å². The molecule has 0 fully saturated rings. The molecule has 0 amide bonds. The molecule has 1 heterocycles. The summed E-state index contributed by atoms with van der Waals surface area (Å²) in [6.45, 7) is 2.02. The molecule has 2 nitrogen and oxygen atoms in total. The highest BCUT2D eigenvalue weighted by molar-refractivity contribution is 5.32. The van der Waals surface area contributed by atoms with Gasteiger partial charge in [-0.3, -0.25) is 4.98 Å². The van der Waals surface area contributed by atoms with Gasteiger partial charge in [0.25, 0.3) is 0 Å². The fraction of sp³-hybridized carbons (Fsp3) is 0.300. The summed E-state index contributed by atoms with van der Waals surface area (Å²) in [5.74, 6) is 5.89. The van der Waals surface area contributed by atoms with Crippen molar-refractivity contribution in [2.24, 2.45) is 5.73 Å². The molecule has 0 aromatic carbocycles. The van der Waals surface area contributed by atoms with Crippen LogP contribution in [-0.4, -0.2) is 11.0 Å². The van der Waals surface area contributed by atoms with Crippen molar-refractivity contribution in [1.29, 1.82) is 0 Å². The highest BCUT2D eigenvalue weighted by Crippen LogP contribution is 1.92. The first-order valence-electron chi connectivity index (χ1n) is 4.00. The van der Waals surface area contributed by atoms with Gasteiger partial charge in [-0.2, -0.15) is 0 Å². The van der Waals surface area contributed by atoms with E-state index in [1.807, 2.05) is 19.1 Å². The zero-order valence-corrected chi connectivity index (χ0v) is 7.12. The molecule has 62 valence electrons. The maximum absolute atomic E-state index is 5.63. The predicted molar refractivity (Wildman–Crippen MR) is 49.4 cm³/mol. The first-order chi connectivity index (χ1) is 5.83. The van der Waals surface area contributed by atoms with E-state index in [4.69, 9.17) is 5.73 Å². The summed E-state index contributed by atoms with van der Waals surface area (Å²) in [6, 6.07) is 3.76. The monoisotopic (exact) mass is 160 g/mol. The highest BCUT2D eigenvalue weighted by atomic mass is 14.6. The van der Waals surface area contributed by atoms with Gasteiger partial charge in [-0.15, -0.1) is 0 Å². The zero-order chi connectivity index (χ0) is 8.81. The standard InChI is InChI=1S/C10H12N2/c1-2-10(11)6-5-9-4-3-7-12-8-9/h3-4,7-8,10H,2,11H2,1H3. The Morgan fingerprint density at radius 1 is 1.67 bits per heavy atom. The molecule has 0 radical (unpaired) electrons. The molecular weight excluding hydrogens is 148 g/mol. The molecule has 0 saturated carbocycles. The Kier molecular flexibility index (Phi) is 3.31. The molecule has 0 saturated heterocycles. The van der Waals surface area contributed by atoms with Gasteiger partial charge in [0.15, 0.2) is 0 Å². The SMILES string of the molecule is CCC(N)C#Cc1cccnc1. The molecule has 0 aliphatic heterocycles. The minimum Gasteiger partial charge on any atom is -0.318 e. The van der Waals surface area contributed by atoms with Gasteiger partial charge in [-0.25, -0.2) is 0 Å². The van der Waals surface area contributed by atoms with Crippen molar-refractivity contribution < 1.29 is 0 Å². The van der Waals surface area contributed by atoms with Crippen molar-refractivity contribution in [3.05, 3.63) is 30.1 Å². The van der Waals surface area contributed by atoms with Crippen molar-refractivity contribution in [3.8, 4) is 11.8 Å². The van der Waals surface area contributed by atoms with E-state index in [0.29, 0.717) is 0 Å². The smallest absolute Gasteiger partial charge is 0.0665 e. The summed E-state index contributed by atoms with van der Waals surface area (Å²) in [6.07, 6.45) is 4.34. The Labute approximate surface area is 72.8 Å². The summed E-state index contributed by atoms with van der Waals surface area (Å²) in [4.78, 5) is 3.95. The van der Waals surface area contributed by atoms with Crippen molar-refractivity contribution in [2.75, 3.05) is 0 Å². The Morgan fingerprint density at radius 2 is 2.50 bits per heavy atom. The van der Waals surface area contributed by atoms with Gasteiger partial charge in [-0.05, 0) is 18.6 Å². The van der Waals surface area contributed by atoms with Gasteiger partial charge >= 0.3 is 0 Å². The maximum Gasteiger partial charge on any atom is 0.0665 e. The molecule has 0 aliphatic rings. The second-order valence-corrected chi connectivity index (χ2v) is 2.53. The van der Waals surface area contributed by atoms with Gasteiger partial charge in [-0.1, -0.05) is 18.8 Å². The fourth-order valence-corrected chi connectivity index (χ4v) is 0.715. The van der Waals surface area contributed by atoms with Crippen molar-refractivity contribution in [2.45, 2.75) is 19.4 Å². The van der Waals surface area contributed by atoms with E-state index < -0.39 is 0 Å². The van der Waals surface area contributed by atoms with Gasteiger partial charge in [0.2, 0.25) is 0 Å². The van der Waals surface area contributed by atoms with Crippen molar-refractivity contribution >= 4 is 0 Å². The van der Waals surface area contributed by atoms with Gasteiger partial charge in [0.1, 0.15) is 0 Å². The average molecular weight is 160 g/mol. The second kappa shape index (κ2) is 4.53. The molecule has 2 N–H and O–H groups in total. The summed E-state index contributed by atoms with van der Waals surface area (Å²) in [7, 11) is 0. The number of pyridine rings is 1. The van der Waals surface area contributed by atoms with E-state index in [1.54, 1.807) is 12.4 Å². The summed E-state index contributed by atoms with van der Waals surface area (Å²) >= 11 is 0. The van der Waals surface area contributed by atoms with Crippen LogP contribution in [0.4, 0.5) is 0 Å². The Hall–Kier alpha value is -1.33. The number of nitrogens with two attached hydrogens (primary N) is 1. The molecule has 1 rings (SSSR count). The number of hydrogen-bond donors (Lipinski definition) is 1. The van der Waals surface area contributed by atoms with Crippen LogP contribution < -0.4 is 5.73 Å². The van der Waals surface area contributed by atoms with E-state index in [0.717, 1.165) is 12.0 Å². The van der Waals surface area contributed by atoms with Gasteiger partial charge in [0.05, 0.1) is 6.04 Å². The Bertz CT molecular complexity index is 282. The van der Waals surface area contributed by atoms with E-state index in [2.05, 4.69) is 16.8 Å². The molecule has 12 heavy (non-hydrogen) atoms. The number of hydrogen-bond acceptors (Lipinski definition) is 2. The minimum absolute atomic E-state index is 0.0230. The molecule has 0 bridgehead atoms. The third-order valence-corrected chi connectivity index (χ3v) is 1.50. The summed E-state index contributed by atoms with van der Waals surface area (Å²) in [5, 5.41) is 0. The lowest BCUT2D eigenvalue weighted by Gasteiger charge is -1.94. The largest absolute Gasteiger partial charge is 0.318 e. The van der Waals surface area contributed by atoms with Crippen LogP contribution in [0.2, 0.25) is 0 Å².